The molecule has 0 saturated carbocycles. The summed E-state index contributed by atoms with van der Waals surface area (Å²) in [7, 11) is 0. The second kappa shape index (κ2) is 9.24. The molecule has 0 saturated heterocycles. The minimum Gasteiger partial charge on any atom is -0.386 e. The number of rotatable bonds is 8. The van der Waals surface area contributed by atoms with Crippen LogP contribution in [0, 0.1) is 0 Å². The van der Waals surface area contributed by atoms with Crippen molar-refractivity contribution in [3.8, 4) is 0 Å². The smallest absolute Gasteiger partial charge is 0.103 e. The van der Waals surface area contributed by atoms with E-state index in [4.69, 9.17) is 0 Å². The van der Waals surface area contributed by atoms with E-state index in [9.17, 15) is 5.11 Å². The summed E-state index contributed by atoms with van der Waals surface area (Å²) < 4.78 is 0. The lowest BCUT2D eigenvalue weighted by atomic mass is 9.95. The average molecular weight is 361 g/mol. The van der Waals surface area contributed by atoms with Gasteiger partial charge in [-0.05, 0) is 49.2 Å². The van der Waals surface area contributed by atoms with Crippen LogP contribution in [-0.2, 0) is 0 Å². The fourth-order valence-corrected chi connectivity index (χ4v) is 3.38. The van der Waals surface area contributed by atoms with Gasteiger partial charge in [-0.3, -0.25) is 0 Å². The Morgan fingerprint density at radius 3 is 1.78 bits per heavy atom. The Bertz CT molecular complexity index is 799. The second-order valence-corrected chi connectivity index (χ2v) is 6.61. The Morgan fingerprint density at radius 2 is 1.26 bits per heavy atom. The monoisotopic (exact) mass is 360 g/mol. The predicted octanol–water partition coefficient (Wildman–Crippen LogP) is 5.42. The van der Waals surface area contributed by atoms with Crippen molar-refractivity contribution in [3.63, 3.8) is 0 Å². The molecular weight excluding hydrogens is 332 g/mol. The maximum Gasteiger partial charge on any atom is 0.103 e. The molecule has 2 atom stereocenters. The van der Waals surface area contributed by atoms with Crippen molar-refractivity contribution in [2.75, 3.05) is 23.3 Å². The standard InChI is InChI=1S/C24H28N2O/c1-3-26(4-2)22-17-15-21(16-18-22)25-23(19-11-7-5-8-12-19)24(27)20-13-9-6-10-14-20/h5-18,23-25,27H,3-4H2,1-2H3/t23-,24+/m1/s1. The molecule has 0 heterocycles. The highest BCUT2D eigenvalue weighted by Crippen LogP contribution is 2.32. The maximum atomic E-state index is 11.0. The normalized spacial score (nSPS) is 13.0. The Kier molecular flexibility index (Phi) is 6.50. The van der Waals surface area contributed by atoms with E-state index in [-0.39, 0.29) is 6.04 Å². The number of aliphatic hydroxyl groups excluding tert-OH is 1. The summed E-state index contributed by atoms with van der Waals surface area (Å²) in [6, 6.07) is 28.1. The van der Waals surface area contributed by atoms with E-state index in [0.717, 1.165) is 29.9 Å². The Hall–Kier alpha value is -2.78. The van der Waals surface area contributed by atoms with Crippen LogP contribution in [0.1, 0.15) is 37.1 Å². The molecule has 3 rings (SSSR count). The van der Waals surface area contributed by atoms with Gasteiger partial charge in [-0.25, -0.2) is 0 Å². The fraction of sp³-hybridized carbons (Fsp3) is 0.250. The Balaban J connectivity index is 1.86. The van der Waals surface area contributed by atoms with Crippen molar-refractivity contribution in [3.05, 3.63) is 96.1 Å². The van der Waals surface area contributed by atoms with Crippen molar-refractivity contribution in [2.45, 2.75) is 26.0 Å². The van der Waals surface area contributed by atoms with Crippen molar-refractivity contribution in [1.29, 1.82) is 0 Å². The summed E-state index contributed by atoms with van der Waals surface area (Å²) in [4.78, 5) is 2.32. The van der Waals surface area contributed by atoms with E-state index >= 15 is 0 Å². The first-order chi connectivity index (χ1) is 13.2. The molecule has 0 aliphatic rings. The molecule has 0 aliphatic heterocycles. The fourth-order valence-electron chi connectivity index (χ4n) is 3.38. The zero-order valence-corrected chi connectivity index (χ0v) is 16.0. The zero-order chi connectivity index (χ0) is 19.1. The van der Waals surface area contributed by atoms with Gasteiger partial charge in [0.1, 0.15) is 6.10 Å². The van der Waals surface area contributed by atoms with Crippen LogP contribution in [0.15, 0.2) is 84.9 Å². The predicted molar refractivity (Wildman–Crippen MR) is 114 cm³/mol. The van der Waals surface area contributed by atoms with Gasteiger partial charge in [0, 0.05) is 24.5 Å². The van der Waals surface area contributed by atoms with E-state index in [1.54, 1.807) is 0 Å². The van der Waals surface area contributed by atoms with E-state index < -0.39 is 6.10 Å². The van der Waals surface area contributed by atoms with Gasteiger partial charge in [0.05, 0.1) is 6.04 Å². The number of hydrogen-bond acceptors (Lipinski definition) is 3. The first-order valence-corrected chi connectivity index (χ1v) is 9.62. The first-order valence-electron chi connectivity index (χ1n) is 9.62. The summed E-state index contributed by atoms with van der Waals surface area (Å²) in [6.45, 7) is 6.31. The third-order valence-electron chi connectivity index (χ3n) is 4.93. The quantitative estimate of drug-likeness (QED) is 0.563. The molecule has 3 aromatic carbocycles. The summed E-state index contributed by atoms with van der Waals surface area (Å²) in [5.41, 5.74) is 4.17. The molecule has 27 heavy (non-hydrogen) atoms. The SMILES string of the molecule is CCN(CC)c1ccc(N[C@H](c2ccccc2)[C@@H](O)c2ccccc2)cc1. The van der Waals surface area contributed by atoms with Gasteiger partial charge in [0.25, 0.3) is 0 Å². The van der Waals surface area contributed by atoms with E-state index in [1.165, 1.54) is 5.69 Å². The lowest BCUT2D eigenvalue weighted by molar-refractivity contribution is 0.155. The highest BCUT2D eigenvalue weighted by Gasteiger charge is 2.22. The molecule has 0 spiro atoms. The van der Waals surface area contributed by atoms with Gasteiger partial charge in [0.2, 0.25) is 0 Å². The third kappa shape index (κ3) is 4.69. The zero-order valence-electron chi connectivity index (χ0n) is 16.0. The number of nitrogens with one attached hydrogen (secondary N) is 1. The lowest BCUT2D eigenvalue weighted by Crippen LogP contribution is -2.22. The van der Waals surface area contributed by atoms with Crippen LogP contribution >= 0.6 is 0 Å². The van der Waals surface area contributed by atoms with Crippen molar-refractivity contribution >= 4 is 11.4 Å². The van der Waals surface area contributed by atoms with Gasteiger partial charge in [-0.2, -0.15) is 0 Å². The topological polar surface area (TPSA) is 35.5 Å². The van der Waals surface area contributed by atoms with Crippen molar-refractivity contribution in [1.82, 2.24) is 0 Å². The van der Waals surface area contributed by atoms with Crippen LogP contribution in [0.25, 0.3) is 0 Å². The summed E-state index contributed by atoms with van der Waals surface area (Å²) in [6.07, 6.45) is -0.643. The molecule has 0 fully saturated rings. The number of nitrogens with zero attached hydrogens (tertiary/aromatic N) is 1. The third-order valence-corrected chi connectivity index (χ3v) is 4.93. The maximum absolute atomic E-state index is 11.0. The molecular formula is C24H28N2O. The first kappa shape index (κ1) is 19.0. The molecule has 0 radical (unpaired) electrons. The van der Waals surface area contributed by atoms with Gasteiger partial charge in [0.15, 0.2) is 0 Å². The van der Waals surface area contributed by atoms with E-state index in [1.807, 2.05) is 60.7 Å². The van der Waals surface area contributed by atoms with Crippen LogP contribution in [0.2, 0.25) is 0 Å². The largest absolute Gasteiger partial charge is 0.386 e. The highest BCUT2D eigenvalue weighted by atomic mass is 16.3. The van der Waals surface area contributed by atoms with Crippen LogP contribution in [0.4, 0.5) is 11.4 Å². The highest BCUT2D eigenvalue weighted by molar-refractivity contribution is 5.56. The molecule has 3 heteroatoms. The number of anilines is 2. The molecule has 0 aliphatic carbocycles. The van der Waals surface area contributed by atoms with Gasteiger partial charge in [-0.1, -0.05) is 60.7 Å². The second-order valence-electron chi connectivity index (χ2n) is 6.61. The Morgan fingerprint density at radius 1 is 0.741 bits per heavy atom. The summed E-state index contributed by atoms with van der Waals surface area (Å²) in [5.74, 6) is 0. The van der Waals surface area contributed by atoms with Crippen LogP contribution in [0.3, 0.4) is 0 Å². The van der Waals surface area contributed by atoms with Gasteiger partial charge in [-0.15, -0.1) is 0 Å². The molecule has 140 valence electrons. The minimum absolute atomic E-state index is 0.229. The number of aliphatic hydroxyl groups is 1. The van der Waals surface area contributed by atoms with Crippen LogP contribution in [0.5, 0.6) is 0 Å². The molecule has 0 bridgehead atoms. The van der Waals surface area contributed by atoms with Crippen molar-refractivity contribution < 1.29 is 5.11 Å². The Labute approximate surface area is 162 Å². The van der Waals surface area contributed by atoms with Crippen LogP contribution in [-0.4, -0.2) is 18.2 Å². The van der Waals surface area contributed by atoms with Gasteiger partial charge >= 0.3 is 0 Å². The summed E-state index contributed by atoms with van der Waals surface area (Å²) >= 11 is 0. The molecule has 0 aromatic heterocycles. The van der Waals surface area contributed by atoms with Crippen molar-refractivity contribution in [2.24, 2.45) is 0 Å². The minimum atomic E-state index is -0.643. The van der Waals surface area contributed by atoms with E-state index in [0.29, 0.717) is 0 Å². The van der Waals surface area contributed by atoms with Crippen LogP contribution < -0.4 is 10.2 Å². The lowest BCUT2D eigenvalue weighted by Gasteiger charge is -2.27. The number of hydrogen-bond donors (Lipinski definition) is 2. The molecule has 0 amide bonds. The molecule has 3 aromatic rings. The van der Waals surface area contributed by atoms with E-state index in [2.05, 4.69) is 48.3 Å². The molecule has 0 unspecified atom stereocenters. The molecule has 3 nitrogen and oxygen atoms in total. The van der Waals surface area contributed by atoms with Gasteiger partial charge < -0.3 is 15.3 Å². The number of benzene rings is 3. The summed E-state index contributed by atoms with van der Waals surface area (Å²) in [5, 5.41) is 14.6. The molecule has 2 N–H and O–H groups in total. The average Bonchev–Trinajstić information content (AvgIpc) is 2.74.